The van der Waals surface area contributed by atoms with Crippen molar-refractivity contribution in [2.45, 2.75) is 6.92 Å². The van der Waals surface area contributed by atoms with Crippen LogP contribution in [-0.2, 0) is 4.79 Å². The Morgan fingerprint density at radius 3 is 2.00 bits per heavy atom. The van der Waals surface area contributed by atoms with Crippen LogP contribution >= 0.6 is 0 Å². The van der Waals surface area contributed by atoms with Gasteiger partial charge in [-0.05, 0) is 11.1 Å². The maximum atomic E-state index is 11.0. The normalized spacial score (nSPS) is 12.9. The van der Waals surface area contributed by atoms with Gasteiger partial charge in [-0.15, -0.1) is 4.91 Å². The number of carbonyl (C=O) groups excluding carboxylic acids is 1. The molecule has 0 bridgehead atoms. The minimum Gasteiger partial charge on any atom is -0.268 e. The van der Waals surface area contributed by atoms with Crippen molar-refractivity contribution in [3.05, 3.63) is 25.8 Å². The van der Waals surface area contributed by atoms with Crippen LogP contribution < -0.4 is 0 Å². The summed E-state index contributed by atoms with van der Waals surface area (Å²) >= 11 is 0. The van der Waals surface area contributed by atoms with E-state index in [2.05, 4.69) is 25.2 Å². The highest BCUT2D eigenvalue weighted by atomic mass is 16.3. The van der Waals surface area contributed by atoms with Crippen LogP contribution in [0.1, 0.15) is 6.92 Å². The Kier molecular flexibility index (Phi) is 4.69. The molecule has 0 saturated carbocycles. The lowest BCUT2D eigenvalue weighted by Gasteiger charge is -2.18. The summed E-state index contributed by atoms with van der Waals surface area (Å²) in [5.74, 6) is -1.00. The van der Waals surface area contributed by atoms with E-state index in [1.807, 2.05) is 0 Å². The first-order valence-electron chi connectivity index (χ1n) is 3.50. The monoisotopic (exact) mass is 197 g/mol. The first kappa shape index (κ1) is 11.9. The third-order valence-electron chi connectivity index (χ3n) is 1.57. The largest absolute Gasteiger partial charge is 0.292 e. The first-order valence-corrected chi connectivity index (χ1v) is 3.50. The number of nitrogens with zero attached hydrogens (tertiary/aromatic N) is 7. The summed E-state index contributed by atoms with van der Waals surface area (Å²) in [7, 11) is 0. The van der Waals surface area contributed by atoms with Crippen molar-refractivity contribution in [3.8, 4) is 0 Å². The topological polar surface area (TPSA) is 144 Å². The molecule has 0 N–H and O–H groups in total. The van der Waals surface area contributed by atoms with Crippen molar-refractivity contribution in [2.75, 3.05) is 13.1 Å². The third kappa shape index (κ3) is 3.10. The molecule has 1 amide bonds. The number of rotatable bonds is 5. The predicted molar refractivity (Wildman–Crippen MR) is 46.9 cm³/mol. The molecule has 0 aromatic rings. The fraction of sp³-hybridized carbons (Fsp3) is 0.800. The number of hydrogen-bond acceptors (Lipinski definition) is 4. The SMILES string of the molecule is CC(CN=[N+]=[N-])(CN=[N+]=[N-])C(=O)N=O. The van der Waals surface area contributed by atoms with Gasteiger partial charge in [-0.25, -0.2) is 0 Å². The number of amides is 1. The van der Waals surface area contributed by atoms with E-state index in [9.17, 15) is 9.70 Å². The molecule has 0 aromatic carbocycles. The van der Waals surface area contributed by atoms with Crippen LogP contribution in [0.2, 0.25) is 0 Å². The van der Waals surface area contributed by atoms with Crippen LogP contribution in [0, 0.1) is 10.3 Å². The van der Waals surface area contributed by atoms with Crippen LogP contribution in [0.3, 0.4) is 0 Å². The molecule has 0 unspecified atom stereocenters. The molecule has 0 rings (SSSR count). The summed E-state index contributed by atoms with van der Waals surface area (Å²) in [4.78, 5) is 25.9. The first-order chi connectivity index (χ1) is 6.60. The molecule has 0 radical (unpaired) electrons. The minimum atomic E-state index is -1.35. The van der Waals surface area contributed by atoms with Crippen molar-refractivity contribution in [2.24, 2.45) is 20.8 Å². The van der Waals surface area contributed by atoms with E-state index >= 15 is 0 Å². The second-order valence-corrected chi connectivity index (χ2v) is 2.74. The van der Waals surface area contributed by atoms with E-state index in [0.717, 1.165) is 0 Å². The Hall–Kier alpha value is -2.11. The van der Waals surface area contributed by atoms with E-state index in [0.29, 0.717) is 0 Å². The minimum absolute atomic E-state index is 0.271. The van der Waals surface area contributed by atoms with E-state index in [1.165, 1.54) is 6.92 Å². The average molecular weight is 197 g/mol. The average Bonchev–Trinajstić information content (AvgIpc) is 2.22. The Balaban J connectivity index is 4.80. The van der Waals surface area contributed by atoms with Gasteiger partial charge >= 0.3 is 0 Å². The number of azide groups is 2. The Morgan fingerprint density at radius 2 is 1.71 bits per heavy atom. The second kappa shape index (κ2) is 5.52. The highest BCUT2D eigenvalue weighted by Crippen LogP contribution is 2.19. The fourth-order valence-electron chi connectivity index (χ4n) is 0.671. The summed E-state index contributed by atoms with van der Waals surface area (Å²) in [6.07, 6.45) is 0. The second-order valence-electron chi connectivity index (χ2n) is 2.74. The molecule has 0 atom stereocenters. The van der Waals surface area contributed by atoms with Gasteiger partial charge in [0.2, 0.25) is 0 Å². The van der Waals surface area contributed by atoms with Gasteiger partial charge in [-0.3, -0.25) is 4.79 Å². The van der Waals surface area contributed by atoms with Crippen LogP contribution in [0.5, 0.6) is 0 Å². The Bertz CT molecular complexity index is 305. The molecule has 9 nitrogen and oxygen atoms in total. The van der Waals surface area contributed by atoms with Crippen LogP contribution in [0.25, 0.3) is 20.9 Å². The molecule has 14 heavy (non-hydrogen) atoms. The van der Waals surface area contributed by atoms with Gasteiger partial charge < -0.3 is 0 Å². The maximum absolute atomic E-state index is 11.0. The van der Waals surface area contributed by atoms with E-state index in [1.54, 1.807) is 0 Å². The Labute approximate surface area is 78.3 Å². The zero-order valence-corrected chi connectivity index (χ0v) is 7.36. The van der Waals surface area contributed by atoms with Gasteiger partial charge in [0.1, 0.15) is 0 Å². The van der Waals surface area contributed by atoms with Crippen molar-refractivity contribution in [1.82, 2.24) is 0 Å². The number of nitroso groups, excluding NO2 is 1. The van der Waals surface area contributed by atoms with Gasteiger partial charge in [0.25, 0.3) is 5.91 Å². The molecule has 9 heteroatoms. The fourth-order valence-corrected chi connectivity index (χ4v) is 0.671. The van der Waals surface area contributed by atoms with Gasteiger partial charge in [-0.2, -0.15) is 0 Å². The quantitative estimate of drug-likeness (QED) is 0.287. The third-order valence-corrected chi connectivity index (χ3v) is 1.57. The molecule has 0 saturated heterocycles. The predicted octanol–water partition coefficient (Wildman–Crippen LogP) is 1.91. The standard InChI is InChI=1S/C5H7N7O2/c1-5(2-8-11-6,3-9-12-7)4(13)10-14/h2-3H2,1H3. The molecule has 0 spiro atoms. The van der Waals surface area contributed by atoms with Crippen molar-refractivity contribution in [1.29, 1.82) is 0 Å². The highest BCUT2D eigenvalue weighted by Gasteiger charge is 2.32. The number of carbonyl (C=O) groups is 1. The maximum Gasteiger partial charge on any atom is 0.292 e. The van der Waals surface area contributed by atoms with Crippen LogP contribution in [0.4, 0.5) is 0 Å². The summed E-state index contributed by atoms with van der Waals surface area (Å²) in [6, 6.07) is 0. The zero-order chi connectivity index (χ0) is 11.0. The van der Waals surface area contributed by atoms with Crippen molar-refractivity contribution in [3.63, 3.8) is 0 Å². The summed E-state index contributed by atoms with van der Waals surface area (Å²) in [5, 5.41) is 8.50. The summed E-state index contributed by atoms with van der Waals surface area (Å²) in [6.45, 7) is 0.792. The van der Waals surface area contributed by atoms with Crippen LogP contribution in [0.15, 0.2) is 15.4 Å². The lowest BCUT2D eigenvalue weighted by atomic mass is 9.90. The molecular weight excluding hydrogens is 190 g/mol. The van der Waals surface area contributed by atoms with Crippen molar-refractivity contribution >= 4 is 5.91 Å². The lowest BCUT2D eigenvalue weighted by molar-refractivity contribution is -0.125. The molecular formula is C5H7N7O2. The van der Waals surface area contributed by atoms with E-state index in [-0.39, 0.29) is 13.1 Å². The molecule has 0 aliphatic carbocycles. The van der Waals surface area contributed by atoms with Gasteiger partial charge in [-0.1, -0.05) is 17.2 Å². The van der Waals surface area contributed by atoms with Gasteiger partial charge in [0.05, 0.1) is 5.41 Å². The van der Waals surface area contributed by atoms with Crippen LogP contribution in [-0.4, -0.2) is 19.0 Å². The van der Waals surface area contributed by atoms with E-state index < -0.39 is 11.3 Å². The molecule has 0 heterocycles. The zero-order valence-electron chi connectivity index (χ0n) is 7.36. The Morgan fingerprint density at radius 1 is 1.29 bits per heavy atom. The highest BCUT2D eigenvalue weighted by molar-refractivity contribution is 5.83. The summed E-state index contributed by atoms with van der Waals surface area (Å²) in [5.41, 5.74) is 14.7. The van der Waals surface area contributed by atoms with E-state index in [4.69, 9.17) is 11.1 Å². The van der Waals surface area contributed by atoms with Gasteiger partial charge in [0.15, 0.2) is 0 Å². The number of hydrogen-bond donors (Lipinski definition) is 0. The lowest BCUT2D eigenvalue weighted by Crippen LogP contribution is -2.32. The molecule has 0 fully saturated rings. The molecule has 0 aliphatic rings. The molecule has 0 aliphatic heterocycles. The summed E-state index contributed by atoms with van der Waals surface area (Å²) < 4.78 is 0. The molecule has 0 aromatic heterocycles. The molecule has 74 valence electrons. The van der Waals surface area contributed by atoms with Gasteiger partial charge in [0, 0.05) is 28.1 Å². The smallest absolute Gasteiger partial charge is 0.268 e. The van der Waals surface area contributed by atoms with Crippen molar-refractivity contribution < 1.29 is 4.79 Å².